The van der Waals surface area contributed by atoms with Gasteiger partial charge in [-0.05, 0) is 62.6 Å². The standard InChI is InChI=1S/C22H27BrN2O3/c1-14(2)17-12-15(23)10-11-19(17)28-13-20(26)24-18-9-7-6-8-16(18)21(27)25-22(3,4)5/h6-12,14H,13H2,1-5H3,(H,24,26)(H,25,27). The first-order valence-corrected chi connectivity index (χ1v) is 10.00. The Hall–Kier alpha value is -2.34. The number of anilines is 1. The number of hydrogen-bond donors (Lipinski definition) is 2. The number of rotatable bonds is 6. The monoisotopic (exact) mass is 446 g/mol. The van der Waals surface area contributed by atoms with Crippen molar-refractivity contribution in [2.24, 2.45) is 0 Å². The summed E-state index contributed by atoms with van der Waals surface area (Å²) in [5, 5.41) is 5.68. The second-order valence-corrected chi connectivity index (χ2v) is 8.84. The molecule has 0 aliphatic rings. The molecule has 0 aromatic heterocycles. The fourth-order valence-electron chi connectivity index (χ4n) is 2.63. The molecule has 0 spiro atoms. The van der Waals surface area contributed by atoms with Crippen molar-refractivity contribution in [3.8, 4) is 5.75 Å². The molecule has 0 fully saturated rings. The van der Waals surface area contributed by atoms with Crippen LogP contribution in [0.15, 0.2) is 46.9 Å². The molecule has 2 N–H and O–H groups in total. The van der Waals surface area contributed by atoms with Crippen molar-refractivity contribution < 1.29 is 14.3 Å². The van der Waals surface area contributed by atoms with Crippen LogP contribution in [-0.4, -0.2) is 24.0 Å². The van der Waals surface area contributed by atoms with Crippen LogP contribution in [-0.2, 0) is 4.79 Å². The van der Waals surface area contributed by atoms with Crippen molar-refractivity contribution in [2.75, 3.05) is 11.9 Å². The van der Waals surface area contributed by atoms with Crippen LogP contribution in [0.2, 0.25) is 0 Å². The first-order chi connectivity index (χ1) is 13.1. The Bertz CT molecular complexity index is 857. The van der Waals surface area contributed by atoms with E-state index in [4.69, 9.17) is 4.74 Å². The fourth-order valence-corrected chi connectivity index (χ4v) is 3.01. The highest BCUT2D eigenvalue weighted by Crippen LogP contribution is 2.29. The first-order valence-electron chi connectivity index (χ1n) is 9.20. The summed E-state index contributed by atoms with van der Waals surface area (Å²) >= 11 is 3.46. The fraction of sp³-hybridized carbons (Fsp3) is 0.364. The molecular formula is C22H27BrN2O3. The topological polar surface area (TPSA) is 67.4 Å². The van der Waals surface area contributed by atoms with Gasteiger partial charge in [-0.25, -0.2) is 0 Å². The Kier molecular flexibility index (Phi) is 7.24. The van der Waals surface area contributed by atoms with E-state index in [1.165, 1.54) is 0 Å². The number of carbonyl (C=O) groups is 2. The van der Waals surface area contributed by atoms with Gasteiger partial charge < -0.3 is 15.4 Å². The van der Waals surface area contributed by atoms with Crippen LogP contribution in [0, 0.1) is 0 Å². The lowest BCUT2D eigenvalue weighted by molar-refractivity contribution is -0.118. The van der Waals surface area contributed by atoms with E-state index in [0.717, 1.165) is 10.0 Å². The highest BCUT2D eigenvalue weighted by Gasteiger charge is 2.19. The van der Waals surface area contributed by atoms with Crippen LogP contribution in [0.5, 0.6) is 5.75 Å². The molecule has 0 radical (unpaired) electrons. The minimum atomic E-state index is -0.369. The van der Waals surface area contributed by atoms with Crippen molar-refractivity contribution in [1.29, 1.82) is 0 Å². The zero-order valence-electron chi connectivity index (χ0n) is 16.9. The maximum Gasteiger partial charge on any atom is 0.262 e. The molecule has 0 heterocycles. The molecular weight excluding hydrogens is 420 g/mol. The summed E-state index contributed by atoms with van der Waals surface area (Å²) in [5.41, 5.74) is 1.52. The summed E-state index contributed by atoms with van der Waals surface area (Å²) in [6, 6.07) is 12.6. The predicted molar refractivity (Wildman–Crippen MR) is 116 cm³/mol. The summed E-state index contributed by atoms with van der Waals surface area (Å²) in [6.07, 6.45) is 0. The van der Waals surface area contributed by atoms with E-state index in [9.17, 15) is 9.59 Å². The van der Waals surface area contributed by atoms with Gasteiger partial charge in [-0.15, -0.1) is 0 Å². The number of carbonyl (C=O) groups excluding carboxylic acids is 2. The molecule has 6 heteroatoms. The number of ether oxygens (including phenoxy) is 1. The van der Waals surface area contributed by atoms with Gasteiger partial charge in [0.1, 0.15) is 5.75 Å². The van der Waals surface area contributed by atoms with Crippen LogP contribution in [0.3, 0.4) is 0 Å². The number of benzene rings is 2. The van der Waals surface area contributed by atoms with Gasteiger partial charge in [0.15, 0.2) is 6.61 Å². The van der Waals surface area contributed by atoms with E-state index in [0.29, 0.717) is 17.0 Å². The van der Waals surface area contributed by atoms with Crippen LogP contribution in [0.4, 0.5) is 5.69 Å². The van der Waals surface area contributed by atoms with Crippen molar-refractivity contribution >= 4 is 33.4 Å². The SMILES string of the molecule is CC(C)c1cc(Br)ccc1OCC(=O)Nc1ccccc1C(=O)NC(C)(C)C. The van der Waals surface area contributed by atoms with E-state index in [-0.39, 0.29) is 29.9 Å². The Morgan fingerprint density at radius 1 is 1.11 bits per heavy atom. The highest BCUT2D eigenvalue weighted by atomic mass is 79.9. The maximum absolute atomic E-state index is 12.5. The molecule has 2 aromatic carbocycles. The Morgan fingerprint density at radius 3 is 2.43 bits per heavy atom. The predicted octanol–water partition coefficient (Wildman–Crippen LogP) is 5.12. The number of nitrogens with one attached hydrogen (secondary N) is 2. The van der Waals surface area contributed by atoms with E-state index >= 15 is 0 Å². The van der Waals surface area contributed by atoms with Gasteiger partial charge in [-0.2, -0.15) is 0 Å². The Labute approximate surface area is 175 Å². The molecule has 0 bridgehead atoms. The van der Waals surface area contributed by atoms with Gasteiger partial charge >= 0.3 is 0 Å². The third-order valence-corrected chi connectivity index (χ3v) is 4.38. The highest BCUT2D eigenvalue weighted by molar-refractivity contribution is 9.10. The number of hydrogen-bond acceptors (Lipinski definition) is 3. The normalized spacial score (nSPS) is 11.2. The largest absolute Gasteiger partial charge is 0.483 e. The molecule has 0 atom stereocenters. The third-order valence-electron chi connectivity index (χ3n) is 3.89. The number of amides is 2. The molecule has 0 saturated carbocycles. The summed E-state index contributed by atoms with van der Waals surface area (Å²) in [5.74, 6) is 0.373. The summed E-state index contributed by atoms with van der Waals surface area (Å²) in [4.78, 5) is 24.9. The van der Waals surface area contributed by atoms with E-state index in [1.807, 2.05) is 39.0 Å². The lowest BCUT2D eigenvalue weighted by Crippen LogP contribution is -2.41. The average Bonchev–Trinajstić information content (AvgIpc) is 2.59. The summed E-state index contributed by atoms with van der Waals surface area (Å²) in [7, 11) is 0. The molecule has 2 rings (SSSR count). The second-order valence-electron chi connectivity index (χ2n) is 7.92. The Balaban J connectivity index is 2.08. The van der Waals surface area contributed by atoms with Gasteiger partial charge in [-0.1, -0.05) is 41.9 Å². The molecule has 0 aliphatic heterocycles. The third kappa shape index (κ3) is 6.37. The van der Waals surface area contributed by atoms with Crippen LogP contribution in [0.1, 0.15) is 56.5 Å². The Morgan fingerprint density at radius 2 is 1.79 bits per heavy atom. The van der Waals surface area contributed by atoms with Crippen molar-refractivity contribution in [3.63, 3.8) is 0 Å². The molecule has 0 aliphatic carbocycles. The second kappa shape index (κ2) is 9.24. The summed E-state index contributed by atoms with van der Waals surface area (Å²) < 4.78 is 6.70. The lowest BCUT2D eigenvalue weighted by atomic mass is 10.0. The van der Waals surface area contributed by atoms with Gasteiger partial charge in [-0.3, -0.25) is 9.59 Å². The molecule has 28 heavy (non-hydrogen) atoms. The quantitative estimate of drug-likeness (QED) is 0.646. The van der Waals surface area contributed by atoms with Crippen LogP contribution < -0.4 is 15.4 Å². The van der Waals surface area contributed by atoms with E-state index in [2.05, 4.69) is 40.4 Å². The van der Waals surface area contributed by atoms with Crippen molar-refractivity contribution in [1.82, 2.24) is 5.32 Å². The minimum Gasteiger partial charge on any atom is -0.483 e. The van der Waals surface area contributed by atoms with Crippen molar-refractivity contribution in [2.45, 2.75) is 46.1 Å². The number of halogens is 1. The zero-order chi connectivity index (χ0) is 20.9. The molecule has 2 aromatic rings. The van der Waals surface area contributed by atoms with Crippen molar-refractivity contribution in [3.05, 3.63) is 58.1 Å². The van der Waals surface area contributed by atoms with Crippen LogP contribution in [0.25, 0.3) is 0 Å². The maximum atomic E-state index is 12.5. The van der Waals surface area contributed by atoms with Gasteiger partial charge in [0.05, 0.1) is 11.3 Å². The van der Waals surface area contributed by atoms with Crippen LogP contribution >= 0.6 is 15.9 Å². The summed E-state index contributed by atoms with van der Waals surface area (Å²) in [6.45, 7) is 9.72. The van der Waals surface area contributed by atoms with E-state index in [1.54, 1.807) is 24.3 Å². The van der Waals surface area contributed by atoms with Gasteiger partial charge in [0.25, 0.3) is 11.8 Å². The zero-order valence-corrected chi connectivity index (χ0v) is 18.5. The average molecular weight is 447 g/mol. The lowest BCUT2D eigenvalue weighted by Gasteiger charge is -2.21. The molecule has 2 amide bonds. The smallest absolute Gasteiger partial charge is 0.262 e. The minimum absolute atomic E-state index is 0.142. The van der Waals surface area contributed by atoms with E-state index < -0.39 is 0 Å². The number of para-hydroxylation sites is 1. The van der Waals surface area contributed by atoms with Gasteiger partial charge in [0.2, 0.25) is 0 Å². The molecule has 150 valence electrons. The van der Waals surface area contributed by atoms with Gasteiger partial charge in [0, 0.05) is 10.0 Å². The first kappa shape index (κ1) is 22.0. The molecule has 0 unspecified atom stereocenters. The molecule has 5 nitrogen and oxygen atoms in total. The molecule has 0 saturated heterocycles.